The number of aliphatic carboxylic acids is 1. The highest BCUT2D eigenvalue weighted by Crippen LogP contribution is 2.14. The molecule has 0 bridgehead atoms. The van der Waals surface area contributed by atoms with E-state index < -0.39 is 24.3 Å². The van der Waals surface area contributed by atoms with Gasteiger partial charge in [0.05, 0.1) is 40.3 Å². The third-order valence-electron chi connectivity index (χ3n) is 11.5. The maximum Gasteiger partial charge on any atom is 0.306 e. The Morgan fingerprint density at radius 2 is 0.792 bits per heavy atom. The smallest absolute Gasteiger partial charge is 0.306 e. The summed E-state index contributed by atoms with van der Waals surface area (Å²) in [4.78, 5) is 36.8. The van der Waals surface area contributed by atoms with E-state index in [1.165, 1.54) is 44.9 Å². The number of carbonyl (C=O) groups excluding carboxylic acids is 3. The average Bonchev–Trinajstić information content (AvgIpc) is 3.35. The van der Waals surface area contributed by atoms with Crippen molar-refractivity contribution < 1.29 is 42.9 Å². The third-order valence-corrected chi connectivity index (χ3v) is 11.5. The first-order valence-electron chi connectivity index (χ1n) is 28.2. The number of hydrogen-bond acceptors (Lipinski definition) is 8. The molecule has 0 aromatic heterocycles. The largest absolute Gasteiger partial charge is 0.545 e. The fourth-order valence-electron chi connectivity index (χ4n) is 7.15. The highest BCUT2D eigenvalue weighted by molar-refractivity contribution is 5.70. The fourth-order valence-corrected chi connectivity index (χ4v) is 7.15. The van der Waals surface area contributed by atoms with Crippen molar-refractivity contribution in [3.8, 4) is 0 Å². The number of carboxylic acids is 1. The van der Waals surface area contributed by atoms with Crippen molar-refractivity contribution in [2.24, 2.45) is 0 Å². The number of nitrogens with zero attached hydrogens (tertiary/aromatic N) is 1. The monoisotopic (exact) mass is 1000 g/mol. The lowest BCUT2D eigenvalue weighted by Crippen LogP contribution is -2.44. The van der Waals surface area contributed by atoms with Gasteiger partial charge in [0.1, 0.15) is 13.2 Å². The second kappa shape index (κ2) is 53.0. The predicted molar refractivity (Wildman–Crippen MR) is 301 cm³/mol. The van der Waals surface area contributed by atoms with Crippen LogP contribution in [-0.2, 0) is 33.3 Å². The minimum Gasteiger partial charge on any atom is -0.545 e. The van der Waals surface area contributed by atoms with Crippen LogP contribution in [0.25, 0.3) is 0 Å². The first-order valence-corrected chi connectivity index (χ1v) is 28.2. The average molecular weight is 1000 g/mol. The molecule has 0 aromatic rings. The van der Waals surface area contributed by atoms with Crippen molar-refractivity contribution in [3.05, 3.63) is 122 Å². The number of esters is 2. The maximum atomic E-state index is 12.8. The number of ether oxygens (including phenoxy) is 4. The Kier molecular flexibility index (Phi) is 49.8. The number of allylic oxidation sites excluding steroid dienone is 20. The summed E-state index contributed by atoms with van der Waals surface area (Å²) in [5.41, 5.74) is 0. The van der Waals surface area contributed by atoms with E-state index in [1.54, 1.807) is 0 Å². The zero-order valence-electron chi connectivity index (χ0n) is 46.2. The van der Waals surface area contributed by atoms with Gasteiger partial charge in [0, 0.05) is 12.8 Å². The van der Waals surface area contributed by atoms with Crippen molar-refractivity contribution >= 4 is 17.9 Å². The molecular weight excluding hydrogens is 899 g/mol. The molecule has 0 aliphatic heterocycles. The van der Waals surface area contributed by atoms with Crippen LogP contribution in [0.2, 0.25) is 0 Å². The van der Waals surface area contributed by atoms with Crippen LogP contribution in [0.4, 0.5) is 0 Å². The molecule has 0 fully saturated rings. The summed E-state index contributed by atoms with van der Waals surface area (Å²) >= 11 is 0. The molecule has 408 valence electrons. The lowest BCUT2D eigenvalue weighted by atomic mass is 10.0. The molecule has 0 aromatic carbocycles. The highest BCUT2D eigenvalue weighted by atomic mass is 16.7. The highest BCUT2D eigenvalue weighted by Gasteiger charge is 2.22. The number of unbranched alkanes of at least 4 members (excludes halogenated alkanes) is 15. The van der Waals surface area contributed by atoms with Crippen LogP contribution in [0.1, 0.15) is 200 Å². The van der Waals surface area contributed by atoms with Gasteiger partial charge in [0.2, 0.25) is 0 Å². The summed E-state index contributed by atoms with van der Waals surface area (Å²) < 4.78 is 22.5. The SMILES string of the molecule is CC/C=C\C/C=C\C/C=C\C/C=C\C/C=C\C/C=C\C/C=C\C/C=C\C/C=C\C/C=C\CCCCCCCCCCCCC(=O)OC(COC(=O)CCCCCCCC)COC(OCC[N+](C)(C)C)C(=O)[O-]. The molecule has 2 unspecified atom stereocenters. The van der Waals surface area contributed by atoms with Gasteiger partial charge in [-0.1, -0.05) is 219 Å². The second-order valence-electron chi connectivity index (χ2n) is 19.5. The van der Waals surface area contributed by atoms with Crippen LogP contribution in [0.3, 0.4) is 0 Å². The quantitative estimate of drug-likeness (QED) is 0.0195. The van der Waals surface area contributed by atoms with Gasteiger partial charge >= 0.3 is 11.9 Å². The van der Waals surface area contributed by atoms with E-state index in [0.29, 0.717) is 17.4 Å². The Labute approximate surface area is 440 Å². The molecule has 2 atom stereocenters. The van der Waals surface area contributed by atoms with E-state index in [2.05, 4.69) is 135 Å². The summed E-state index contributed by atoms with van der Waals surface area (Å²) in [6.07, 6.45) is 71.6. The van der Waals surface area contributed by atoms with Crippen LogP contribution < -0.4 is 5.11 Å². The number of likely N-dealkylation sites (N-methyl/N-ethyl adjacent to an activating group) is 1. The molecule has 0 radical (unpaired) electrons. The Morgan fingerprint density at radius 1 is 0.431 bits per heavy atom. The van der Waals surface area contributed by atoms with Gasteiger partial charge < -0.3 is 33.3 Å². The predicted octanol–water partition coefficient (Wildman–Crippen LogP) is 15.2. The minimum atomic E-state index is -1.62. The van der Waals surface area contributed by atoms with E-state index in [9.17, 15) is 19.5 Å². The van der Waals surface area contributed by atoms with Crippen LogP contribution in [0.15, 0.2) is 122 Å². The standard InChI is InChI=1S/C63H103NO8/c1-6-8-10-12-14-15-16-17-18-19-20-21-22-23-24-25-26-27-28-29-30-31-32-33-34-35-36-37-38-39-40-41-42-43-44-45-46-47-48-50-52-54-61(66)72-59(57-70-60(65)53-51-49-13-11-9-7-2)58-71-63(62(67)68)69-56-55-64(3,4)5/h8,10,14-15,17-18,20-21,23-24,26-27,29-30,32-33,35-36,38-39,59,63H,6-7,9,11-13,16,19,22,25,28,31,34,37,40-58H2,1-5H3/b10-8-,15-14-,18-17-,21-20-,24-23-,27-26-,30-29-,33-32-,36-35-,39-38-. The number of hydrogen-bond donors (Lipinski definition) is 0. The molecule has 0 amide bonds. The van der Waals surface area contributed by atoms with E-state index in [-0.39, 0.29) is 38.6 Å². The Hall–Kier alpha value is -4.31. The van der Waals surface area contributed by atoms with Crippen molar-refractivity contribution in [1.82, 2.24) is 0 Å². The van der Waals surface area contributed by atoms with Crippen molar-refractivity contribution in [1.29, 1.82) is 0 Å². The van der Waals surface area contributed by atoms with Crippen molar-refractivity contribution in [2.75, 3.05) is 47.5 Å². The summed E-state index contributed by atoms with van der Waals surface area (Å²) in [6, 6.07) is 0. The van der Waals surface area contributed by atoms with Crippen LogP contribution in [0.5, 0.6) is 0 Å². The number of quaternary nitrogens is 1. The van der Waals surface area contributed by atoms with E-state index >= 15 is 0 Å². The molecular formula is C63H103NO8. The first-order chi connectivity index (χ1) is 35.1. The molecule has 0 aliphatic rings. The summed E-state index contributed by atoms with van der Waals surface area (Å²) in [7, 11) is 5.89. The Morgan fingerprint density at radius 3 is 1.18 bits per heavy atom. The topological polar surface area (TPSA) is 111 Å². The van der Waals surface area contributed by atoms with Gasteiger partial charge in [-0.15, -0.1) is 0 Å². The third kappa shape index (κ3) is 53.5. The summed E-state index contributed by atoms with van der Waals surface area (Å²) in [5, 5.41) is 11.7. The molecule has 72 heavy (non-hydrogen) atoms. The van der Waals surface area contributed by atoms with Crippen molar-refractivity contribution in [2.45, 2.75) is 212 Å². The van der Waals surface area contributed by atoms with Gasteiger partial charge in [0.15, 0.2) is 12.4 Å². The summed E-state index contributed by atoms with van der Waals surface area (Å²) in [5.74, 6) is -2.31. The van der Waals surface area contributed by atoms with Crippen LogP contribution in [-0.4, -0.2) is 82.3 Å². The van der Waals surface area contributed by atoms with Crippen LogP contribution in [0, 0.1) is 0 Å². The zero-order valence-corrected chi connectivity index (χ0v) is 46.2. The molecule has 0 N–H and O–H groups in total. The number of carbonyl (C=O) groups is 3. The van der Waals surface area contributed by atoms with E-state index in [1.807, 2.05) is 21.1 Å². The molecule has 0 heterocycles. The molecule has 9 nitrogen and oxygen atoms in total. The lowest BCUT2D eigenvalue weighted by Gasteiger charge is -2.26. The lowest BCUT2D eigenvalue weighted by molar-refractivity contribution is -0.870. The normalized spacial score (nSPS) is 13.7. The molecule has 9 heteroatoms. The van der Waals surface area contributed by atoms with E-state index in [4.69, 9.17) is 18.9 Å². The van der Waals surface area contributed by atoms with Gasteiger partial charge in [0.25, 0.3) is 0 Å². The zero-order chi connectivity index (χ0) is 52.7. The Balaban J connectivity index is 4.01. The molecule has 0 saturated heterocycles. The molecule has 0 saturated carbocycles. The first kappa shape index (κ1) is 67.7. The fraction of sp³-hybridized carbons (Fsp3) is 0.635. The second-order valence-corrected chi connectivity index (χ2v) is 19.5. The maximum absolute atomic E-state index is 12.8. The molecule has 0 rings (SSSR count). The van der Waals surface area contributed by atoms with Crippen LogP contribution >= 0.6 is 0 Å². The van der Waals surface area contributed by atoms with Gasteiger partial charge in [-0.25, -0.2) is 0 Å². The summed E-state index contributed by atoms with van der Waals surface area (Å²) in [6.45, 7) is 4.53. The molecule has 0 aliphatic carbocycles. The number of carboxylic acid groups (broad SMARTS) is 1. The van der Waals surface area contributed by atoms with Gasteiger partial charge in [-0.3, -0.25) is 9.59 Å². The Bertz CT molecular complexity index is 1590. The van der Waals surface area contributed by atoms with Crippen molar-refractivity contribution in [3.63, 3.8) is 0 Å². The van der Waals surface area contributed by atoms with Gasteiger partial charge in [-0.05, 0) is 89.9 Å². The number of rotatable bonds is 50. The van der Waals surface area contributed by atoms with Gasteiger partial charge in [-0.2, -0.15) is 0 Å². The minimum absolute atomic E-state index is 0.142. The molecule has 0 spiro atoms. The van der Waals surface area contributed by atoms with E-state index in [0.717, 1.165) is 122 Å².